The van der Waals surface area contributed by atoms with Crippen molar-refractivity contribution in [2.75, 3.05) is 14.2 Å². The molecule has 12 heteroatoms. The van der Waals surface area contributed by atoms with E-state index in [9.17, 15) is 24.1 Å². The number of hydrogen-bond donors (Lipinski definition) is 0. The second-order valence-corrected chi connectivity index (χ2v) is 9.43. The van der Waals surface area contributed by atoms with Crippen LogP contribution in [0.5, 0.6) is 11.5 Å². The third-order valence-electron chi connectivity index (χ3n) is 6.78. The molecule has 0 aliphatic rings. The average molecular weight is 572 g/mol. The number of ether oxygens (including phenoxy) is 2. The first-order valence-electron chi connectivity index (χ1n) is 12.8. The Hall–Kier alpha value is -5.52. The molecule has 2 aromatic heterocycles. The van der Waals surface area contributed by atoms with Crippen LogP contribution in [0, 0.1) is 15.9 Å². The fourth-order valence-corrected chi connectivity index (χ4v) is 4.63. The van der Waals surface area contributed by atoms with E-state index in [1.54, 1.807) is 66.7 Å². The molecule has 0 aliphatic carbocycles. The van der Waals surface area contributed by atoms with Gasteiger partial charge in [0.2, 0.25) is 0 Å². The number of nitro groups is 1. The van der Waals surface area contributed by atoms with Crippen molar-refractivity contribution in [3.8, 4) is 22.8 Å². The second kappa shape index (κ2) is 11.9. The van der Waals surface area contributed by atoms with E-state index >= 15 is 0 Å². The van der Waals surface area contributed by atoms with Crippen molar-refractivity contribution in [1.82, 2.24) is 18.9 Å². The first-order chi connectivity index (χ1) is 20.3. The molecule has 42 heavy (non-hydrogen) atoms. The Bertz CT molecular complexity index is 1860. The average Bonchev–Trinajstić information content (AvgIpc) is 3.46. The maximum absolute atomic E-state index is 14.3. The van der Waals surface area contributed by atoms with Gasteiger partial charge in [0.15, 0.2) is 0 Å². The fourth-order valence-electron chi connectivity index (χ4n) is 4.63. The van der Waals surface area contributed by atoms with Crippen LogP contribution < -0.4 is 20.7 Å². The normalized spacial score (nSPS) is 10.9. The highest BCUT2D eigenvalue weighted by Gasteiger charge is 2.30. The zero-order chi connectivity index (χ0) is 29.8. The predicted octanol–water partition coefficient (Wildman–Crippen LogP) is 4.08. The molecule has 0 unspecified atom stereocenters. The molecule has 11 nitrogen and oxygen atoms in total. The zero-order valence-electron chi connectivity index (χ0n) is 22.8. The van der Waals surface area contributed by atoms with Crippen molar-refractivity contribution in [2.45, 2.75) is 19.6 Å². The minimum atomic E-state index is -1.05. The summed E-state index contributed by atoms with van der Waals surface area (Å²) in [6.07, 6.45) is 2.77. The molecule has 214 valence electrons. The Labute approximate surface area is 238 Å². The quantitative estimate of drug-likeness (QED) is 0.183. The van der Waals surface area contributed by atoms with Crippen LogP contribution in [0.15, 0.2) is 94.8 Å². The van der Waals surface area contributed by atoms with Crippen molar-refractivity contribution in [3.05, 3.63) is 139 Å². The van der Waals surface area contributed by atoms with Gasteiger partial charge < -0.3 is 9.47 Å². The molecule has 3 aromatic carbocycles. The number of aromatic nitrogens is 4. The molecule has 0 saturated carbocycles. The minimum absolute atomic E-state index is 0.0394. The van der Waals surface area contributed by atoms with Crippen molar-refractivity contribution < 1.29 is 18.8 Å². The van der Waals surface area contributed by atoms with Gasteiger partial charge >= 0.3 is 16.9 Å². The third-order valence-corrected chi connectivity index (χ3v) is 6.78. The van der Waals surface area contributed by atoms with Crippen LogP contribution in [0.2, 0.25) is 0 Å². The summed E-state index contributed by atoms with van der Waals surface area (Å²) >= 11 is 0. The molecule has 0 radical (unpaired) electrons. The summed E-state index contributed by atoms with van der Waals surface area (Å²) in [6.45, 7) is -0.240. The van der Waals surface area contributed by atoms with E-state index in [1.165, 1.54) is 41.9 Å². The van der Waals surface area contributed by atoms with Gasteiger partial charge in [-0.25, -0.2) is 13.8 Å². The summed E-state index contributed by atoms with van der Waals surface area (Å²) in [7, 11) is 3.03. The molecule has 0 bridgehead atoms. The van der Waals surface area contributed by atoms with E-state index in [1.807, 2.05) is 0 Å². The van der Waals surface area contributed by atoms with Gasteiger partial charge in [-0.1, -0.05) is 42.5 Å². The number of methoxy groups -OCH3 is 2. The lowest BCUT2D eigenvalue weighted by Crippen LogP contribution is -2.42. The number of rotatable bonds is 10. The summed E-state index contributed by atoms with van der Waals surface area (Å²) < 4.78 is 28.1. The van der Waals surface area contributed by atoms with E-state index < -0.39 is 27.7 Å². The van der Waals surface area contributed by atoms with Crippen LogP contribution >= 0.6 is 0 Å². The lowest BCUT2D eigenvalue weighted by atomic mass is 10.1. The van der Waals surface area contributed by atoms with Crippen molar-refractivity contribution >= 4 is 5.69 Å². The largest absolute Gasteiger partial charge is 0.497 e. The van der Waals surface area contributed by atoms with E-state index in [4.69, 9.17) is 9.47 Å². The topological polar surface area (TPSA) is 123 Å². The summed E-state index contributed by atoms with van der Waals surface area (Å²) in [5.41, 5.74) is -1.03. The summed E-state index contributed by atoms with van der Waals surface area (Å²) in [5.74, 6) is 0.742. The zero-order valence-corrected chi connectivity index (χ0v) is 22.8. The highest BCUT2D eigenvalue weighted by molar-refractivity contribution is 5.68. The second-order valence-electron chi connectivity index (χ2n) is 9.43. The molecule has 0 amide bonds. The SMILES string of the molecule is COc1ccc(Cn2c(-c3cnn(Cc4ccccc4F)c3)c([N+](=O)[O-])c(=O)n(Cc3ccc(OC)cc3)c2=O)cc1. The van der Waals surface area contributed by atoms with Crippen LogP contribution in [0.4, 0.5) is 10.1 Å². The molecular weight excluding hydrogens is 545 g/mol. The van der Waals surface area contributed by atoms with Gasteiger partial charge in [0.25, 0.3) is 0 Å². The van der Waals surface area contributed by atoms with E-state index in [0.29, 0.717) is 28.2 Å². The van der Waals surface area contributed by atoms with Gasteiger partial charge in [-0.05, 0) is 41.5 Å². The standard InChI is InChI=1S/C30H26FN5O6/c1-41-24-11-7-20(8-12-24)16-34-27(23-15-32-33(19-23)18-22-5-3-4-6-26(22)31)28(36(39)40)29(37)35(30(34)38)17-21-9-13-25(42-2)14-10-21/h3-15,19H,16-18H2,1-2H3. The molecule has 0 saturated heterocycles. The smallest absolute Gasteiger partial charge is 0.358 e. The third kappa shape index (κ3) is 5.68. The number of nitrogens with zero attached hydrogens (tertiary/aromatic N) is 5. The maximum atomic E-state index is 14.3. The Morgan fingerprint density at radius 2 is 1.40 bits per heavy atom. The fraction of sp³-hybridized carbons (Fsp3) is 0.167. The van der Waals surface area contributed by atoms with Gasteiger partial charge in [-0.3, -0.25) is 24.2 Å². The van der Waals surface area contributed by atoms with E-state index in [-0.39, 0.29) is 30.9 Å². The van der Waals surface area contributed by atoms with Gasteiger partial charge in [0.05, 0.1) is 45.0 Å². The Morgan fingerprint density at radius 3 is 1.95 bits per heavy atom. The molecule has 0 fully saturated rings. The van der Waals surface area contributed by atoms with Crippen LogP contribution in [-0.4, -0.2) is 38.1 Å². The summed E-state index contributed by atoms with van der Waals surface area (Å²) in [5, 5.41) is 16.7. The molecule has 5 rings (SSSR count). The van der Waals surface area contributed by atoms with Crippen LogP contribution in [-0.2, 0) is 19.6 Å². The van der Waals surface area contributed by atoms with E-state index in [2.05, 4.69) is 5.10 Å². The number of halogens is 1. The maximum Gasteiger partial charge on any atom is 0.358 e. The van der Waals surface area contributed by atoms with Crippen LogP contribution in [0.25, 0.3) is 11.3 Å². The minimum Gasteiger partial charge on any atom is -0.497 e. The van der Waals surface area contributed by atoms with Crippen molar-refractivity contribution in [1.29, 1.82) is 0 Å². The lowest BCUT2D eigenvalue weighted by Gasteiger charge is -2.16. The lowest BCUT2D eigenvalue weighted by molar-refractivity contribution is -0.386. The number of benzene rings is 3. The van der Waals surface area contributed by atoms with E-state index in [0.717, 1.165) is 4.57 Å². The Balaban J connectivity index is 1.67. The molecule has 2 heterocycles. The Kier molecular flexibility index (Phi) is 7.96. The molecule has 0 aliphatic heterocycles. The molecule has 0 spiro atoms. The van der Waals surface area contributed by atoms with Crippen molar-refractivity contribution in [3.63, 3.8) is 0 Å². The highest BCUT2D eigenvalue weighted by atomic mass is 19.1. The first-order valence-corrected chi connectivity index (χ1v) is 12.8. The molecule has 0 atom stereocenters. The summed E-state index contributed by atoms with van der Waals surface area (Å²) in [4.78, 5) is 39.1. The Morgan fingerprint density at radius 1 is 0.833 bits per heavy atom. The van der Waals surface area contributed by atoms with Crippen LogP contribution in [0.1, 0.15) is 16.7 Å². The van der Waals surface area contributed by atoms with Crippen LogP contribution in [0.3, 0.4) is 0 Å². The molecular formula is C30H26FN5O6. The summed E-state index contributed by atoms with van der Waals surface area (Å²) in [6, 6.07) is 19.7. The van der Waals surface area contributed by atoms with Gasteiger partial charge in [0.1, 0.15) is 23.0 Å². The highest BCUT2D eigenvalue weighted by Crippen LogP contribution is 2.27. The van der Waals surface area contributed by atoms with Gasteiger partial charge in [0, 0.05) is 17.3 Å². The molecule has 5 aromatic rings. The molecule has 0 N–H and O–H groups in total. The first kappa shape index (κ1) is 28.0. The van der Waals surface area contributed by atoms with Gasteiger partial charge in [-0.15, -0.1) is 0 Å². The van der Waals surface area contributed by atoms with Crippen molar-refractivity contribution in [2.24, 2.45) is 0 Å². The predicted molar refractivity (Wildman–Crippen MR) is 153 cm³/mol. The monoisotopic (exact) mass is 571 g/mol. The number of hydrogen-bond acceptors (Lipinski definition) is 7. The van der Waals surface area contributed by atoms with Gasteiger partial charge in [-0.2, -0.15) is 5.10 Å².